The van der Waals surface area contributed by atoms with Crippen LogP contribution in [0.4, 0.5) is 0 Å². The Labute approximate surface area is 122 Å². The minimum absolute atomic E-state index is 0.724. The average molecular weight is 300 g/mol. The molecule has 4 nitrogen and oxygen atoms in total. The first-order valence-electron chi connectivity index (χ1n) is 6.22. The molecule has 0 saturated carbocycles. The van der Waals surface area contributed by atoms with E-state index in [1.807, 2.05) is 18.6 Å². The molecule has 0 amide bonds. The van der Waals surface area contributed by atoms with E-state index in [1.54, 1.807) is 18.4 Å². The lowest BCUT2D eigenvalue weighted by Gasteiger charge is -2.08. The minimum atomic E-state index is 0.724. The van der Waals surface area contributed by atoms with Gasteiger partial charge in [0, 0.05) is 37.8 Å². The lowest BCUT2D eigenvalue weighted by Crippen LogP contribution is -2.20. The molecule has 104 valence electrons. The molecular formula is C13H18ClN3OS. The van der Waals surface area contributed by atoms with Gasteiger partial charge in [0.2, 0.25) is 0 Å². The van der Waals surface area contributed by atoms with Gasteiger partial charge in [-0.3, -0.25) is 0 Å². The number of thiophene rings is 1. The molecule has 0 saturated heterocycles. The molecule has 2 aromatic heterocycles. The molecule has 2 heterocycles. The largest absolute Gasteiger partial charge is 0.383 e. The average Bonchev–Trinajstić information content (AvgIpc) is 3.01. The highest BCUT2D eigenvalue weighted by Gasteiger charge is 2.03. The molecule has 0 bridgehead atoms. The smallest absolute Gasteiger partial charge is 0.0948 e. The first-order chi connectivity index (χ1) is 9.29. The highest BCUT2D eigenvalue weighted by atomic mass is 35.5. The summed E-state index contributed by atoms with van der Waals surface area (Å²) in [6.07, 6.45) is 4.77. The van der Waals surface area contributed by atoms with E-state index in [2.05, 4.69) is 20.9 Å². The maximum atomic E-state index is 5.93. The predicted molar refractivity (Wildman–Crippen MR) is 78.8 cm³/mol. The van der Waals surface area contributed by atoms with Gasteiger partial charge in [0.15, 0.2) is 0 Å². The third kappa shape index (κ3) is 4.62. The van der Waals surface area contributed by atoms with E-state index in [-0.39, 0.29) is 0 Å². The van der Waals surface area contributed by atoms with Gasteiger partial charge in [-0.2, -0.15) is 0 Å². The van der Waals surface area contributed by atoms with Crippen molar-refractivity contribution in [3.63, 3.8) is 0 Å². The van der Waals surface area contributed by atoms with Crippen LogP contribution in [0.5, 0.6) is 0 Å². The van der Waals surface area contributed by atoms with Crippen LogP contribution >= 0.6 is 22.9 Å². The second-order valence-corrected chi connectivity index (χ2v) is 6.00. The van der Waals surface area contributed by atoms with Crippen molar-refractivity contribution in [3.8, 4) is 0 Å². The lowest BCUT2D eigenvalue weighted by atomic mass is 10.3. The van der Waals surface area contributed by atoms with E-state index in [4.69, 9.17) is 16.3 Å². The van der Waals surface area contributed by atoms with Crippen molar-refractivity contribution in [3.05, 3.63) is 39.6 Å². The number of hydrogen-bond acceptors (Lipinski definition) is 4. The van der Waals surface area contributed by atoms with Crippen LogP contribution < -0.4 is 5.32 Å². The quantitative estimate of drug-likeness (QED) is 0.762. The Balaban J connectivity index is 1.81. The lowest BCUT2D eigenvalue weighted by molar-refractivity contribution is 0.199. The van der Waals surface area contributed by atoms with Gasteiger partial charge < -0.3 is 14.6 Å². The Morgan fingerprint density at radius 1 is 1.47 bits per heavy atom. The number of imidazole rings is 1. The van der Waals surface area contributed by atoms with Crippen molar-refractivity contribution in [1.82, 2.24) is 14.9 Å². The first-order valence-corrected chi connectivity index (χ1v) is 7.42. The van der Waals surface area contributed by atoms with Gasteiger partial charge in [-0.05, 0) is 18.6 Å². The zero-order chi connectivity index (χ0) is 13.5. The number of rotatable bonds is 8. The fraction of sp³-hybridized carbons (Fsp3) is 0.462. The third-order valence-corrected chi connectivity index (χ3v) is 4.11. The predicted octanol–water partition coefficient (Wildman–Crippen LogP) is 2.58. The maximum Gasteiger partial charge on any atom is 0.0948 e. The molecule has 0 unspecified atom stereocenters. The standard InChI is InChI=1S/C13H18ClN3OS/c1-18-7-5-15-8-11-9-16-10-17(11)6-4-12-2-3-13(14)19-12/h2-3,9-10,15H,4-8H2,1H3. The van der Waals surface area contributed by atoms with Crippen molar-refractivity contribution >= 4 is 22.9 Å². The van der Waals surface area contributed by atoms with E-state index in [0.29, 0.717) is 0 Å². The summed E-state index contributed by atoms with van der Waals surface area (Å²) in [5, 5.41) is 3.33. The highest BCUT2D eigenvalue weighted by molar-refractivity contribution is 7.16. The SMILES string of the molecule is COCCNCc1cncn1CCc1ccc(Cl)s1. The van der Waals surface area contributed by atoms with Crippen LogP contribution in [0.3, 0.4) is 0 Å². The van der Waals surface area contributed by atoms with E-state index < -0.39 is 0 Å². The molecule has 0 aliphatic heterocycles. The summed E-state index contributed by atoms with van der Waals surface area (Å²) in [5.41, 5.74) is 1.19. The van der Waals surface area contributed by atoms with Crippen molar-refractivity contribution in [2.45, 2.75) is 19.5 Å². The van der Waals surface area contributed by atoms with Gasteiger partial charge >= 0.3 is 0 Å². The summed E-state index contributed by atoms with van der Waals surface area (Å²) < 4.78 is 8.03. The second kappa shape index (κ2) is 7.65. The molecule has 0 aliphatic carbocycles. The van der Waals surface area contributed by atoms with Crippen molar-refractivity contribution in [2.75, 3.05) is 20.3 Å². The summed E-state index contributed by atoms with van der Waals surface area (Å²) in [4.78, 5) is 5.51. The molecule has 2 aromatic rings. The molecule has 0 atom stereocenters. The molecule has 0 aliphatic rings. The van der Waals surface area contributed by atoms with Crippen LogP contribution in [0.15, 0.2) is 24.7 Å². The number of nitrogens with one attached hydrogen (secondary N) is 1. The number of nitrogens with zero attached hydrogens (tertiary/aromatic N) is 2. The Morgan fingerprint density at radius 3 is 3.11 bits per heavy atom. The molecule has 0 fully saturated rings. The van der Waals surface area contributed by atoms with E-state index in [9.17, 15) is 0 Å². The van der Waals surface area contributed by atoms with Gasteiger partial charge in [0.25, 0.3) is 0 Å². The Hall–Kier alpha value is -0.880. The van der Waals surface area contributed by atoms with Crippen molar-refractivity contribution in [1.29, 1.82) is 0 Å². The van der Waals surface area contributed by atoms with Crippen LogP contribution in [0, 0.1) is 0 Å². The summed E-state index contributed by atoms with van der Waals surface area (Å²) in [7, 11) is 1.71. The topological polar surface area (TPSA) is 39.1 Å². The normalized spacial score (nSPS) is 11.1. The van der Waals surface area contributed by atoms with E-state index in [0.717, 1.165) is 37.0 Å². The Kier molecular flexibility index (Phi) is 5.85. The fourth-order valence-electron chi connectivity index (χ4n) is 1.80. The molecule has 0 aromatic carbocycles. The van der Waals surface area contributed by atoms with Crippen LogP contribution in [0.1, 0.15) is 10.6 Å². The van der Waals surface area contributed by atoms with Gasteiger partial charge in [0.05, 0.1) is 23.0 Å². The first kappa shape index (κ1) is 14.5. The van der Waals surface area contributed by atoms with Gasteiger partial charge in [-0.25, -0.2) is 4.98 Å². The molecule has 6 heteroatoms. The van der Waals surface area contributed by atoms with E-state index in [1.165, 1.54) is 10.6 Å². The minimum Gasteiger partial charge on any atom is -0.383 e. The number of ether oxygens (including phenoxy) is 1. The second-order valence-electron chi connectivity index (χ2n) is 4.20. The zero-order valence-corrected chi connectivity index (χ0v) is 12.5. The number of aromatic nitrogens is 2. The Bertz CT molecular complexity index is 498. The van der Waals surface area contributed by atoms with Crippen LogP contribution in [0.2, 0.25) is 4.34 Å². The zero-order valence-electron chi connectivity index (χ0n) is 10.9. The summed E-state index contributed by atoms with van der Waals surface area (Å²) in [6, 6.07) is 4.03. The molecular weight excluding hydrogens is 282 g/mol. The molecule has 2 rings (SSSR count). The number of hydrogen-bond donors (Lipinski definition) is 1. The van der Waals surface area contributed by atoms with Gasteiger partial charge in [0.1, 0.15) is 0 Å². The maximum absolute atomic E-state index is 5.93. The molecule has 0 spiro atoms. The highest BCUT2D eigenvalue weighted by Crippen LogP contribution is 2.22. The fourth-order valence-corrected chi connectivity index (χ4v) is 2.88. The van der Waals surface area contributed by atoms with Crippen molar-refractivity contribution < 1.29 is 4.74 Å². The number of aryl methyl sites for hydroxylation is 2. The van der Waals surface area contributed by atoms with E-state index >= 15 is 0 Å². The van der Waals surface area contributed by atoms with Crippen molar-refractivity contribution in [2.24, 2.45) is 0 Å². The summed E-state index contributed by atoms with van der Waals surface area (Å²) >= 11 is 7.57. The molecule has 0 radical (unpaired) electrons. The summed E-state index contributed by atoms with van der Waals surface area (Å²) in [5.74, 6) is 0. The number of methoxy groups -OCH3 is 1. The molecule has 19 heavy (non-hydrogen) atoms. The Morgan fingerprint density at radius 2 is 2.37 bits per heavy atom. The van der Waals surface area contributed by atoms with Crippen LogP contribution in [-0.2, 0) is 24.2 Å². The van der Waals surface area contributed by atoms with Crippen LogP contribution in [0.25, 0.3) is 0 Å². The monoisotopic (exact) mass is 299 g/mol. The molecule has 1 N–H and O–H groups in total. The third-order valence-electron chi connectivity index (χ3n) is 2.82. The number of halogens is 1. The van der Waals surface area contributed by atoms with Crippen LogP contribution in [-0.4, -0.2) is 29.8 Å². The van der Waals surface area contributed by atoms with Gasteiger partial charge in [-0.1, -0.05) is 11.6 Å². The van der Waals surface area contributed by atoms with Gasteiger partial charge in [-0.15, -0.1) is 11.3 Å². The summed E-state index contributed by atoms with van der Waals surface area (Å²) in [6.45, 7) is 3.32.